The molecule has 1 aromatic heterocycles. The van der Waals surface area contributed by atoms with Crippen molar-refractivity contribution in [2.24, 2.45) is 5.92 Å². The molecular weight excluding hydrogens is 358 g/mol. The highest BCUT2D eigenvalue weighted by Crippen LogP contribution is 2.26. The summed E-state index contributed by atoms with van der Waals surface area (Å²) in [5, 5.41) is 8.27. The number of benzene rings is 1. The molecule has 1 aliphatic rings. The molecule has 2 aromatic rings. The van der Waals surface area contributed by atoms with Gasteiger partial charge in [0.25, 0.3) is 5.91 Å². The van der Waals surface area contributed by atoms with Gasteiger partial charge in [0.15, 0.2) is 5.76 Å². The first-order valence-corrected chi connectivity index (χ1v) is 9.73. The molecule has 0 bridgehead atoms. The number of ether oxygens (including phenoxy) is 1. The zero-order valence-corrected chi connectivity index (χ0v) is 16.1. The number of rotatable bonds is 7. The van der Waals surface area contributed by atoms with E-state index in [4.69, 9.17) is 9.15 Å². The minimum absolute atomic E-state index is 0.225. The second kappa shape index (κ2) is 9.94. The van der Waals surface area contributed by atoms with Gasteiger partial charge in [-0.15, -0.1) is 0 Å². The number of nitrogens with one attached hydrogen (secondary N) is 3. The fourth-order valence-electron chi connectivity index (χ4n) is 3.36. The first-order valence-electron chi connectivity index (χ1n) is 9.73. The van der Waals surface area contributed by atoms with Crippen LogP contribution in [0.3, 0.4) is 0 Å². The van der Waals surface area contributed by atoms with Gasteiger partial charge in [0.1, 0.15) is 0 Å². The summed E-state index contributed by atoms with van der Waals surface area (Å²) in [5.74, 6) is 0.464. The summed E-state index contributed by atoms with van der Waals surface area (Å²) in [6.07, 6.45) is 6.55. The summed E-state index contributed by atoms with van der Waals surface area (Å²) in [7, 11) is 0. The van der Waals surface area contributed by atoms with Gasteiger partial charge in [0, 0.05) is 17.9 Å². The maximum atomic E-state index is 12.1. The Balaban J connectivity index is 1.40. The third-order valence-electron chi connectivity index (χ3n) is 4.88. The van der Waals surface area contributed by atoms with Crippen LogP contribution in [0.4, 0.5) is 16.2 Å². The van der Waals surface area contributed by atoms with Crippen molar-refractivity contribution >= 4 is 23.3 Å². The molecule has 0 spiro atoms. The van der Waals surface area contributed by atoms with Crippen LogP contribution in [0.5, 0.6) is 0 Å². The van der Waals surface area contributed by atoms with E-state index in [0.717, 1.165) is 6.42 Å². The minimum atomic E-state index is -0.347. The van der Waals surface area contributed by atoms with Crippen molar-refractivity contribution in [3.8, 4) is 0 Å². The Morgan fingerprint density at radius 3 is 2.64 bits per heavy atom. The van der Waals surface area contributed by atoms with E-state index >= 15 is 0 Å². The largest absolute Gasteiger partial charge is 0.459 e. The van der Waals surface area contributed by atoms with Crippen molar-refractivity contribution in [1.82, 2.24) is 5.32 Å². The van der Waals surface area contributed by atoms with Crippen LogP contribution in [0.2, 0.25) is 0 Å². The highest BCUT2D eigenvalue weighted by Gasteiger charge is 2.21. The normalized spacial score (nSPS) is 19.0. The summed E-state index contributed by atoms with van der Waals surface area (Å²) in [4.78, 5) is 24.1. The monoisotopic (exact) mass is 385 g/mol. The maximum absolute atomic E-state index is 12.1. The molecule has 3 N–H and O–H groups in total. The Morgan fingerprint density at radius 2 is 1.89 bits per heavy atom. The molecule has 1 aliphatic carbocycles. The second-order valence-corrected chi connectivity index (χ2v) is 7.06. The van der Waals surface area contributed by atoms with Crippen LogP contribution < -0.4 is 16.0 Å². The lowest BCUT2D eigenvalue weighted by Gasteiger charge is -2.28. The number of urea groups is 1. The van der Waals surface area contributed by atoms with Crippen LogP contribution in [0.15, 0.2) is 47.1 Å². The molecule has 0 unspecified atom stereocenters. The zero-order chi connectivity index (χ0) is 19.8. The van der Waals surface area contributed by atoms with Crippen LogP contribution in [-0.4, -0.2) is 31.2 Å². The van der Waals surface area contributed by atoms with Gasteiger partial charge in [-0.25, -0.2) is 4.79 Å². The quantitative estimate of drug-likeness (QED) is 0.621. The van der Waals surface area contributed by atoms with E-state index in [0.29, 0.717) is 36.5 Å². The molecule has 28 heavy (non-hydrogen) atoms. The van der Waals surface area contributed by atoms with Crippen molar-refractivity contribution in [3.05, 3.63) is 48.4 Å². The van der Waals surface area contributed by atoms with Gasteiger partial charge in [0.2, 0.25) is 0 Å². The molecule has 3 rings (SSSR count). The molecule has 1 aromatic carbocycles. The fourth-order valence-corrected chi connectivity index (χ4v) is 3.36. The Morgan fingerprint density at radius 1 is 1.11 bits per heavy atom. The van der Waals surface area contributed by atoms with Crippen molar-refractivity contribution < 1.29 is 18.7 Å². The number of carbonyl (C=O) groups is 2. The Hall–Kier alpha value is -2.80. The summed E-state index contributed by atoms with van der Waals surface area (Å²) in [6.45, 7) is 3.17. The Bertz CT molecular complexity index is 776. The van der Waals surface area contributed by atoms with Crippen molar-refractivity contribution in [2.45, 2.75) is 38.7 Å². The van der Waals surface area contributed by atoms with Crippen LogP contribution in [-0.2, 0) is 4.74 Å². The van der Waals surface area contributed by atoms with Gasteiger partial charge in [-0.2, -0.15) is 0 Å². The van der Waals surface area contributed by atoms with Crippen molar-refractivity contribution in [2.75, 3.05) is 23.8 Å². The molecular formula is C21H27N3O4. The smallest absolute Gasteiger partial charge is 0.319 e. The number of hydrogen-bond donors (Lipinski definition) is 3. The molecule has 2 atom stereocenters. The van der Waals surface area contributed by atoms with E-state index in [1.807, 2.05) is 0 Å². The molecule has 7 nitrogen and oxygen atoms in total. The SMILES string of the molecule is C[C@H]1CCCC[C@@H]1OCCNC(=O)Nc1cccc(NC(=O)c2ccco2)c1. The van der Waals surface area contributed by atoms with E-state index in [1.165, 1.54) is 25.5 Å². The number of carbonyl (C=O) groups excluding carboxylic acids is 2. The third-order valence-corrected chi connectivity index (χ3v) is 4.88. The average Bonchev–Trinajstić information content (AvgIpc) is 3.22. The number of hydrogen-bond acceptors (Lipinski definition) is 4. The number of furan rings is 1. The topological polar surface area (TPSA) is 92.6 Å². The Labute approximate surface area is 164 Å². The molecule has 1 heterocycles. The summed E-state index contributed by atoms with van der Waals surface area (Å²) in [5.41, 5.74) is 1.14. The van der Waals surface area contributed by atoms with E-state index in [-0.39, 0.29) is 17.7 Å². The van der Waals surface area contributed by atoms with Gasteiger partial charge in [-0.1, -0.05) is 25.8 Å². The van der Waals surface area contributed by atoms with Crippen molar-refractivity contribution in [3.63, 3.8) is 0 Å². The average molecular weight is 385 g/mol. The lowest BCUT2D eigenvalue weighted by atomic mass is 9.88. The summed E-state index contributed by atoms with van der Waals surface area (Å²) < 4.78 is 11.0. The van der Waals surface area contributed by atoms with Crippen molar-refractivity contribution in [1.29, 1.82) is 0 Å². The molecule has 0 radical (unpaired) electrons. The zero-order valence-electron chi connectivity index (χ0n) is 16.1. The van der Waals surface area contributed by atoms with Gasteiger partial charge in [0.05, 0.1) is 19.0 Å². The highest BCUT2D eigenvalue weighted by atomic mass is 16.5. The van der Waals surface area contributed by atoms with E-state index in [2.05, 4.69) is 22.9 Å². The molecule has 7 heteroatoms. The first-order chi connectivity index (χ1) is 13.6. The lowest BCUT2D eigenvalue weighted by Crippen LogP contribution is -2.34. The summed E-state index contributed by atoms with van der Waals surface area (Å²) in [6, 6.07) is 9.85. The van der Waals surface area contributed by atoms with Crippen LogP contribution in [0.1, 0.15) is 43.2 Å². The first kappa shape index (κ1) is 19.9. The number of anilines is 2. The number of amides is 3. The molecule has 3 amide bonds. The van der Waals surface area contributed by atoms with Crippen LogP contribution in [0, 0.1) is 5.92 Å². The lowest BCUT2D eigenvalue weighted by molar-refractivity contribution is -0.00232. The Kier molecular flexibility index (Phi) is 7.08. The molecule has 0 saturated heterocycles. The molecule has 1 fully saturated rings. The predicted molar refractivity (Wildman–Crippen MR) is 107 cm³/mol. The van der Waals surface area contributed by atoms with E-state index in [9.17, 15) is 9.59 Å². The highest BCUT2D eigenvalue weighted by molar-refractivity contribution is 6.02. The van der Waals surface area contributed by atoms with Gasteiger partial charge >= 0.3 is 6.03 Å². The molecule has 150 valence electrons. The van der Waals surface area contributed by atoms with Gasteiger partial charge < -0.3 is 25.1 Å². The van der Waals surface area contributed by atoms with E-state index in [1.54, 1.807) is 36.4 Å². The van der Waals surface area contributed by atoms with Gasteiger partial charge in [-0.05, 0) is 49.1 Å². The van der Waals surface area contributed by atoms with Crippen LogP contribution in [0.25, 0.3) is 0 Å². The van der Waals surface area contributed by atoms with E-state index < -0.39 is 0 Å². The van der Waals surface area contributed by atoms with Crippen LogP contribution >= 0.6 is 0 Å². The second-order valence-electron chi connectivity index (χ2n) is 7.06. The van der Waals surface area contributed by atoms with Gasteiger partial charge in [-0.3, -0.25) is 4.79 Å². The molecule has 1 saturated carbocycles. The summed E-state index contributed by atoms with van der Waals surface area (Å²) >= 11 is 0. The maximum Gasteiger partial charge on any atom is 0.319 e. The fraction of sp³-hybridized carbons (Fsp3) is 0.429. The standard InChI is InChI=1S/C21H27N3O4/c1-15-6-2-3-9-18(15)28-13-11-22-21(26)24-17-8-4-7-16(14-17)23-20(25)19-10-5-12-27-19/h4-5,7-8,10,12,14-15,18H,2-3,6,9,11,13H2,1H3,(H,23,25)(H2,22,24,26)/t15-,18-/m0/s1. The predicted octanol–water partition coefficient (Wildman–Crippen LogP) is 4.25. The third kappa shape index (κ3) is 5.85. The minimum Gasteiger partial charge on any atom is -0.459 e. The molecule has 0 aliphatic heterocycles.